The van der Waals surface area contributed by atoms with Crippen molar-refractivity contribution in [2.45, 2.75) is 24.9 Å². The van der Waals surface area contributed by atoms with Gasteiger partial charge >= 0.3 is 5.97 Å². The second kappa shape index (κ2) is 6.95. The summed E-state index contributed by atoms with van der Waals surface area (Å²) < 4.78 is 4.99. The van der Waals surface area contributed by atoms with Gasteiger partial charge in [-0.2, -0.15) is 0 Å². The Kier molecular flexibility index (Phi) is 5.55. The van der Waals surface area contributed by atoms with Gasteiger partial charge in [0, 0.05) is 6.07 Å². The van der Waals surface area contributed by atoms with Crippen molar-refractivity contribution < 1.29 is 9.53 Å². The Morgan fingerprint density at radius 1 is 1.41 bits per heavy atom. The number of ether oxygens (including phenoxy) is 1. The van der Waals surface area contributed by atoms with Crippen LogP contribution in [-0.2, 0) is 9.53 Å². The molecule has 0 amide bonds. The molecule has 0 aromatic carbocycles. The maximum absolute atomic E-state index is 11.3. The molecule has 1 rings (SSSR count). The number of hydrogen-bond acceptors (Lipinski definition) is 7. The number of hydrogen-bond donors (Lipinski definition) is 2. The van der Waals surface area contributed by atoms with Gasteiger partial charge in [-0.25, -0.2) is 9.97 Å². The predicted octanol–water partition coefficient (Wildman–Crippen LogP) is 1.08. The molecule has 0 saturated heterocycles. The van der Waals surface area contributed by atoms with E-state index in [4.69, 9.17) is 16.2 Å². The maximum Gasteiger partial charge on any atom is 0.316 e. The first kappa shape index (κ1) is 13.6. The number of nitrogens with two attached hydrogens (primary N) is 2. The summed E-state index contributed by atoms with van der Waals surface area (Å²) in [5, 5.41) is 0.384. The molecule has 0 aliphatic carbocycles. The number of nitrogens with zero attached hydrogens (tertiary/aromatic N) is 2. The van der Waals surface area contributed by atoms with Gasteiger partial charge in [-0.05, 0) is 6.42 Å². The molecule has 17 heavy (non-hydrogen) atoms. The average molecular weight is 256 g/mol. The van der Waals surface area contributed by atoms with Crippen molar-refractivity contribution in [3.63, 3.8) is 0 Å². The summed E-state index contributed by atoms with van der Waals surface area (Å²) in [5.41, 5.74) is 11.0. The van der Waals surface area contributed by atoms with Crippen LogP contribution in [0.15, 0.2) is 11.2 Å². The molecule has 1 heterocycles. The third kappa shape index (κ3) is 5.39. The lowest BCUT2D eigenvalue weighted by molar-refractivity contribution is -0.140. The van der Waals surface area contributed by atoms with E-state index in [1.807, 2.05) is 6.92 Å². The highest BCUT2D eigenvalue weighted by molar-refractivity contribution is 7.99. The third-order valence-corrected chi connectivity index (χ3v) is 2.65. The van der Waals surface area contributed by atoms with Gasteiger partial charge in [0.1, 0.15) is 11.6 Å². The van der Waals surface area contributed by atoms with Crippen LogP contribution in [0.25, 0.3) is 0 Å². The summed E-state index contributed by atoms with van der Waals surface area (Å²) in [7, 11) is 0. The van der Waals surface area contributed by atoms with Crippen molar-refractivity contribution in [2.75, 3.05) is 23.8 Å². The normalized spacial score (nSPS) is 10.2. The smallest absolute Gasteiger partial charge is 0.316 e. The minimum atomic E-state index is -0.284. The monoisotopic (exact) mass is 256 g/mol. The number of carbonyl (C=O) groups is 1. The molecular formula is C10H16N4O2S. The summed E-state index contributed by atoms with van der Waals surface area (Å²) in [5.74, 6) is 0.457. The Morgan fingerprint density at radius 3 is 2.65 bits per heavy atom. The average Bonchev–Trinajstić information content (AvgIpc) is 2.25. The summed E-state index contributed by atoms with van der Waals surface area (Å²) in [4.78, 5) is 19.2. The fraction of sp³-hybridized carbons (Fsp3) is 0.500. The van der Waals surface area contributed by atoms with E-state index < -0.39 is 0 Å². The van der Waals surface area contributed by atoms with E-state index in [1.165, 1.54) is 6.07 Å². The van der Waals surface area contributed by atoms with E-state index in [0.717, 1.165) is 24.6 Å². The second-order valence-corrected chi connectivity index (χ2v) is 4.31. The molecule has 0 atom stereocenters. The van der Waals surface area contributed by atoms with Crippen LogP contribution in [0.1, 0.15) is 19.8 Å². The van der Waals surface area contributed by atoms with E-state index in [1.54, 1.807) is 0 Å². The first-order chi connectivity index (χ1) is 8.11. The van der Waals surface area contributed by atoms with Crippen LogP contribution in [-0.4, -0.2) is 28.3 Å². The summed E-state index contributed by atoms with van der Waals surface area (Å²) >= 11 is 1.16. The molecule has 94 valence electrons. The molecule has 0 saturated carbocycles. The van der Waals surface area contributed by atoms with E-state index >= 15 is 0 Å². The molecule has 0 radical (unpaired) electrons. The number of anilines is 2. The molecule has 7 heteroatoms. The molecule has 0 aliphatic rings. The van der Waals surface area contributed by atoms with E-state index in [9.17, 15) is 4.79 Å². The van der Waals surface area contributed by atoms with E-state index in [2.05, 4.69) is 9.97 Å². The first-order valence-corrected chi connectivity index (χ1v) is 6.29. The SMILES string of the molecule is CCCCOC(=O)CSc1nc(N)cc(N)n1. The van der Waals surface area contributed by atoms with Gasteiger partial charge in [0.25, 0.3) is 0 Å². The molecule has 0 bridgehead atoms. The fourth-order valence-electron chi connectivity index (χ4n) is 1.02. The zero-order valence-electron chi connectivity index (χ0n) is 9.68. The summed E-state index contributed by atoms with van der Waals surface area (Å²) in [6.45, 7) is 2.49. The van der Waals surface area contributed by atoms with Gasteiger partial charge in [-0.15, -0.1) is 0 Å². The lowest BCUT2D eigenvalue weighted by Gasteiger charge is -2.04. The largest absolute Gasteiger partial charge is 0.465 e. The molecule has 6 nitrogen and oxygen atoms in total. The van der Waals surface area contributed by atoms with Crippen molar-refractivity contribution in [1.82, 2.24) is 9.97 Å². The van der Waals surface area contributed by atoms with Crippen molar-refractivity contribution in [3.05, 3.63) is 6.07 Å². The van der Waals surface area contributed by atoms with Crippen molar-refractivity contribution in [2.24, 2.45) is 0 Å². The fourth-order valence-corrected chi connectivity index (χ4v) is 1.69. The highest BCUT2D eigenvalue weighted by Gasteiger charge is 2.07. The topological polar surface area (TPSA) is 104 Å². The van der Waals surface area contributed by atoms with Gasteiger partial charge < -0.3 is 16.2 Å². The van der Waals surface area contributed by atoms with Crippen molar-refractivity contribution >= 4 is 29.4 Å². The quantitative estimate of drug-likeness (QED) is 0.339. The van der Waals surface area contributed by atoms with Crippen LogP contribution in [0.5, 0.6) is 0 Å². The summed E-state index contributed by atoms with van der Waals surface area (Å²) in [6.07, 6.45) is 1.87. The van der Waals surface area contributed by atoms with Crippen LogP contribution in [0, 0.1) is 0 Å². The van der Waals surface area contributed by atoms with Crippen molar-refractivity contribution in [1.29, 1.82) is 0 Å². The lowest BCUT2D eigenvalue weighted by atomic mass is 10.4. The molecule has 0 fully saturated rings. The van der Waals surface area contributed by atoms with Crippen LogP contribution < -0.4 is 11.5 Å². The zero-order valence-corrected chi connectivity index (χ0v) is 10.5. The first-order valence-electron chi connectivity index (χ1n) is 5.30. The Labute approximate surface area is 104 Å². The van der Waals surface area contributed by atoms with Crippen molar-refractivity contribution in [3.8, 4) is 0 Å². The number of thioether (sulfide) groups is 1. The third-order valence-electron chi connectivity index (χ3n) is 1.83. The maximum atomic E-state index is 11.3. The van der Waals surface area contributed by atoms with Crippen LogP contribution >= 0.6 is 11.8 Å². The molecule has 1 aromatic rings. The highest BCUT2D eigenvalue weighted by atomic mass is 32.2. The number of esters is 1. The van der Waals surface area contributed by atoms with Gasteiger partial charge in [-0.3, -0.25) is 4.79 Å². The van der Waals surface area contributed by atoms with Crippen LogP contribution in [0.4, 0.5) is 11.6 Å². The number of carbonyl (C=O) groups excluding carboxylic acids is 1. The van der Waals surface area contributed by atoms with Gasteiger partial charge in [0.05, 0.1) is 12.4 Å². The van der Waals surface area contributed by atoms with Crippen LogP contribution in [0.2, 0.25) is 0 Å². The Bertz CT molecular complexity index is 366. The number of nitrogen functional groups attached to an aromatic ring is 2. The van der Waals surface area contributed by atoms with Gasteiger partial charge in [-0.1, -0.05) is 25.1 Å². The Morgan fingerprint density at radius 2 is 2.06 bits per heavy atom. The minimum Gasteiger partial charge on any atom is -0.465 e. The molecule has 0 spiro atoms. The molecule has 0 unspecified atom stereocenters. The van der Waals surface area contributed by atoms with Gasteiger partial charge in [0.15, 0.2) is 5.16 Å². The molecule has 1 aromatic heterocycles. The van der Waals surface area contributed by atoms with E-state index in [-0.39, 0.29) is 11.7 Å². The van der Waals surface area contributed by atoms with Crippen LogP contribution in [0.3, 0.4) is 0 Å². The predicted molar refractivity (Wildman–Crippen MR) is 67.4 cm³/mol. The zero-order chi connectivity index (χ0) is 12.7. The highest BCUT2D eigenvalue weighted by Crippen LogP contribution is 2.16. The molecular weight excluding hydrogens is 240 g/mol. The Balaban J connectivity index is 2.36. The second-order valence-electron chi connectivity index (χ2n) is 3.36. The number of unbranched alkanes of at least 4 members (excludes halogenated alkanes) is 1. The summed E-state index contributed by atoms with van der Waals surface area (Å²) in [6, 6.07) is 1.46. The standard InChI is InChI=1S/C10H16N4O2S/c1-2-3-4-16-9(15)6-17-10-13-7(11)5-8(12)14-10/h5H,2-4,6H2,1H3,(H4,11,12,13,14). The van der Waals surface area contributed by atoms with Gasteiger partial charge in [0.2, 0.25) is 0 Å². The minimum absolute atomic E-state index is 0.159. The Hall–Kier alpha value is -1.50. The lowest BCUT2D eigenvalue weighted by Crippen LogP contribution is -2.09. The number of aromatic nitrogens is 2. The molecule has 4 N–H and O–H groups in total. The number of rotatable bonds is 6. The van der Waals surface area contributed by atoms with E-state index in [0.29, 0.717) is 23.4 Å². The molecule has 0 aliphatic heterocycles.